The molecule has 0 spiro atoms. The highest BCUT2D eigenvalue weighted by atomic mass is 16.2. The van der Waals surface area contributed by atoms with Gasteiger partial charge in [-0.1, -0.05) is 6.07 Å². The first kappa shape index (κ1) is 9.67. The van der Waals surface area contributed by atoms with Crippen molar-refractivity contribution in [3.05, 3.63) is 24.4 Å². The van der Waals surface area contributed by atoms with Crippen molar-refractivity contribution in [3.8, 4) is 0 Å². The number of hydrogen-bond acceptors (Lipinski definition) is 3. The van der Waals surface area contributed by atoms with Gasteiger partial charge in [0.15, 0.2) is 0 Å². The van der Waals surface area contributed by atoms with Gasteiger partial charge in [-0.2, -0.15) is 0 Å². The number of nitrogens with one attached hydrogen (secondary N) is 2. The zero-order valence-corrected chi connectivity index (χ0v) is 7.74. The molecule has 1 aromatic rings. The normalized spacial score (nSPS) is 12.2. The van der Waals surface area contributed by atoms with Crippen LogP contribution in [-0.2, 0) is 4.79 Å². The van der Waals surface area contributed by atoms with Crippen LogP contribution >= 0.6 is 0 Å². The second-order valence-corrected chi connectivity index (χ2v) is 2.71. The van der Waals surface area contributed by atoms with Gasteiger partial charge in [-0.15, -0.1) is 0 Å². The highest BCUT2D eigenvalue weighted by Gasteiger charge is 2.09. The van der Waals surface area contributed by atoms with Gasteiger partial charge in [0.2, 0.25) is 5.91 Å². The summed E-state index contributed by atoms with van der Waals surface area (Å²) in [6.45, 7) is 1.79. The summed E-state index contributed by atoms with van der Waals surface area (Å²) >= 11 is 0. The summed E-state index contributed by atoms with van der Waals surface area (Å²) in [4.78, 5) is 15.3. The van der Waals surface area contributed by atoms with Crippen LogP contribution in [0.1, 0.15) is 6.92 Å². The Kier molecular flexibility index (Phi) is 3.40. The van der Waals surface area contributed by atoms with Gasteiger partial charge >= 0.3 is 0 Å². The average Bonchev–Trinajstić information content (AvgIpc) is 2.18. The molecule has 4 heteroatoms. The lowest BCUT2D eigenvalue weighted by molar-refractivity contribution is -0.117. The van der Waals surface area contributed by atoms with E-state index < -0.39 is 0 Å². The first-order chi connectivity index (χ1) is 6.24. The quantitative estimate of drug-likeness (QED) is 0.715. The fraction of sp³-hybridized carbons (Fsp3) is 0.333. The van der Waals surface area contributed by atoms with Crippen molar-refractivity contribution in [1.29, 1.82) is 0 Å². The summed E-state index contributed by atoms with van der Waals surface area (Å²) in [6.07, 6.45) is 1.64. The number of aromatic nitrogens is 1. The van der Waals surface area contributed by atoms with Crippen LogP contribution in [0.4, 0.5) is 5.82 Å². The van der Waals surface area contributed by atoms with Crippen molar-refractivity contribution >= 4 is 11.7 Å². The summed E-state index contributed by atoms with van der Waals surface area (Å²) in [5.41, 5.74) is 0. The fourth-order valence-electron chi connectivity index (χ4n) is 0.802. The van der Waals surface area contributed by atoms with E-state index in [1.807, 2.05) is 6.07 Å². The smallest absolute Gasteiger partial charge is 0.242 e. The number of hydrogen-bond donors (Lipinski definition) is 2. The second-order valence-electron chi connectivity index (χ2n) is 2.71. The number of anilines is 1. The standard InChI is InChI=1S/C9H13N3O/c1-7(10-2)9(13)12-8-5-3-4-6-11-8/h3-7,10H,1-2H3,(H,11,12,13)/t7-/m0/s1. The maximum Gasteiger partial charge on any atom is 0.242 e. The minimum Gasteiger partial charge on any atom is -0.309 e. The Morgan fingerprint density at radius 2 is 2.31 bits per heavy atom. The highest BCUT2D eigenvalue weighted by molar-refractivity contribution is 5.93. The molecule has 0 aliphatic carbocycles. The van der Waals surface area contributed by atoms with Crippen molar-refractivity contribution in [1.82, 2.24) is 10.3 Å². The number of carbonyl (C=O) groups excluding carboxylic acids is 1. The highest BCUT2D eigenvalue weighted by Crippen LogP contribution is 2.00. The lowest BCUT2D eigenvalue weighted by Gasteiger charge is -2.09. The summed E-state index contributed by atoms with van der Waals surface area (Å²) in [5, 5.41) is 5.53. The molecule has 0 fully saturated rings. The number of nitrogens with zero attached hydrogens (tertiary/aromatic N) is 1. The number of carbonyl (C=O) groups is 1. The summed E-state index contributed by atoms with van der Waals surface area (Å²) in [5.74, 6) is 0.496. The van der Waals surface area contributed by atoms with Crippen molar-refractivity contribution in [3.63, 3.8) is 0 Å². The molecule has 1 rings (SSSR count). The van der Waals surface area contributed by atoms with E-state index in [-0.39, 0.29) is 11.9 Å². The third-order valence-corrected chi connectivity index (χ3v) is 1.74. The minimum absolute atomic E-state index is 0.0822. The van der Waals surface area contributed by atoms with E-state index in [1.54, 1.807) is 32.3 Å². The SMILES string of the molecule is CN[C@@H](C)C(=O)Nc1ccccn1. The molecule has 0 saturated carbocycles. The van der Waals surface area contributed by atoms with Crippen LogP contribution in [0.3, 0.4) is 0 Å². The van der Waals surface area contributed by atoms with Crippen molar-refractivity contribution in [2.75, 3.05) is 12.4 Å². The third kappa shape index (κ3) is 2.83. The molecule has 1 amide bonds. The number of likely N-dealkylation sites (N-methyl/N-ethyl adjacent to an activating group) is 1. The number of rotatable bonds is 3. The summed E-state index contributed by atoms with van der Waals surface area (Å²) < 4.78 is 0. The Labute approximate surface area is 77.4 Å². The summed E-state index contributed by atoms with van der Waals surface area (Å²) in [7, 11) is 1.74. The average molecular weight is 179 g/mol. The Bertz CT molecular complexity index is 273. The zero-order valence-electron chi connectivity index (χ0n) is 7.74. The molecule has 1 heterocycles. The Morgan fingerprint density at radius 3 is 2.85 bits per heavy atom. The third-order valence-electron chi connectivity index (χ3n) is 1.74. The van der Waals surface area contributed by atoms with E-state index in [1.165, 1.54) is 0 Å². The van der Waals surface area contributed by atoms with Crippen LogP contribution in [0.25, 0.3) is 0 Å². The Hall–Kier alpha value is -1.42. The molecule has 1 atom stereocenters. The van der Waals surface area contributed by atoms with E-state index in [9.17, 15) is 4.79 Å². The molecule has 70 valence electrons. The molecular formula is C9H13N3O. The molecule has 0 aliphatic rings. The molecule has 1 aromatic heterocycles. The molecule has 0 aliphatic heterocycles. The van der Waals surface area contributed by atoms with Gasteiger partial charge in [-0.3, -0.25) is 4.79 Å². The topological polar surface area (TPSA) is 54.0 Å². The van der Waals surface area contributed by atoms with E-state index >= 15 is 0 Å². The molecule has 2 N–H and O–H groups in total. The predicted molar refractivity (Wildman–Crippen MR) is 51.4 cm³/mol. The van der Waals surface area contributed by atoms with Gasteiger partial charge < -0.3 is 10.6 Å². The molecule has 13 heavy (non-hydrogen) atoms. The molecule has 0 unspecified atom stereocenters. The van der Waals surface area contributed by atoms with Gasteiger partial charge in [-0.25, -0.2) is 4.98 Å². The van der Waals surface area contributed by atoms with Gasteiger partial charge in [0.05, 0.1) is 6.04 Å². The zero-order chi connectivity index (χ0) is 9.68. The molecule has 0 bridgehead atoms. The van der Waals surface area contributed by atoms with Gasteiger partial charge in [-0.05, 0) is 26.1 Å². The molecular weight excluding hydrogens is 166 g/mol. The first-order valence-corrected chi connectivity index (χ1v) is 4.13. The molecule has 4 nitrogen and oxygen atoms in total. The Balaban J connectivity index is 2.55. The van der Waals surface area contributed by atoms with Crippen LogP contribution in [0.2, 0.25) is 0 Å². The van der Waals surface area contributed by atoms with E-state index in [2.05, 4.69) is 15.6 Å². The molecule has 0 aromatic carbocycles. The number of amides is 1. The lowest BCUT2D eigenvalue weighted by atomic mass is 10.3. The second kappa shape index (κ2) is 4.57. The van der Waals surface area contributed by atoms with Crippen molar-refractivity contribution in [2.24, 2.45) is 0 Å². The maximum absolute atomic E-state index is 11.3. The van der Waals surface area contributed by atoms with E-state index in [4.69, 9.17) is 0 Å². The van der Waals surface area contributed by atoms with Crippen molar-refractivity contribution < 1.29 is 4.79 Å². The van der Waals surface area contributed by atoms with Crippen LogP contribution in [-0.4, -0.2) is 24.0 Å². The molecule has 0 saturated heterocycles. The van der Waals surface area contributed by atoms with Crippen LogP contribution in [0.15, 0.2) is 24.4 Å². The summed E-state index contributed by atoms with van der Waals surface area (Å²) in [6, 6.07) is 5.17. The van der Waals surface area contributed by atoms with Gasteiger partial charge in [0, 0.05) is 6.20 Å². The number of pyridine rings is 1. The largest absolute Gasteiger partial charge is 0.309 e. The fourth-order valence-corrected chi connectivity index (χ4v) is 0.802. The maximum atomic E-state index is 11.3. The Morgan fingerprint density at radius 1 is 1.54 bits per heavy atom. The van der Waals surface area contributed by atoms with Crippen LogP contribution < -0.4 is 10.6 Å². The monoisotopic (exact) mass is 179 g/mol. The van der Waals surface area contributed by atoms with Crippen LogP contribution in [0.5, 0.6) is 0 Å². The predicted octanol–water partition coefficient (Wildman–Crippen LogP) is 0.628. The van der Waals surface area contributed by atoms with Crippen LogP contribution in [0, 0.1) is 0 Å². The van der Waals surface area contributed by atoms with Crippen molar-refractivity contribution in [2.45, 2.75) is 13.0 Å². The lowest BCUT2D eigenvalue weighted by Crippen LogP contribution is -2.35. The molecule has 0 radical (unpaired) electrons. The minimum atomic E-state index is -0.206. The van der Waals surface area contributed by atoms with E-state index in [0.29, 0.717) is 5.82 Å². The van der Waals surface area contributed by atoms with E-state index in [0.717, 1.165) is 0 Å². The first-order valence-electron chi connectivity index (χ1n) is 4.13. The van der Waals surface area contributed by atoms with Gasteiger partial charge in [0.25, 0.3) is 0 Å². The van der Waals surface area contributed by atoms with Gasteiger partial charge in [0.1, 0.15) is 5.82 Å².